The number of nitrogens with one attached hydrogen (secondary N) is 2. The Kier molecular flexibility index (Phi) is 2.63. The third-order valence-electron chi connectivity index (χ3n) is 3.33. The minimum absolute atomic E-state index is 0.139. The zero-order valence-corrected chi connectivity index (χ0v) is 10.5. The molecule has 0 saturated heterocycles. The highest BCUT2D eigenvalue weighted by Gasteiger charge is 2.25. The molecule has 0 saturated carbocycles. The van der Waals surface area contributed by atoms with Crippen LogP contribution in [0.2, 0.25) is 0 Å². The normalized spacial score (nSPS) is 17.3. The van der Waals surface area contributed by atoms with Gasteiger partial charge in [-0.25, -0.2) is 0 Å². The zero-order chi connectivity index (χ0) is 13.4. The van der Waals surface area contributed by atoms with E-state index in [2.05, 4.69) is 10.6 Å². The van der Waals surface area contributed by atoms with Crippen LogP contribution in [0.1, 0.15) is 27.7 Å². The van der Waals surface area contributed by atoms with Gasteiger partial charge < -0.3 is 15.7 Å². The van der Waals surface area contributed by atoms with E-state index in [1.165, 1.54) is 0 Å². The number of phenolic OH excluding ortho intramolecular Hbond substituents is 1. The van der Waals surface area contributed by atoms with Gasteiger partial charge in [-0.3, -0.25) is 4.79 Å². The zero-order valence-electron chi connectivity index (χ0n) is 10.5. The van der Waals surface area contributed by atoms with Gasteiger partial charge in [0, 0.05) is 11.3 Å². The van der Waals surface area contributed by atoms with Crippen LogP contribution in [-0.4, -0.2) is 11.0 Å². The molecule has 1 heterocycles. The van der Waals surface area contributed by atoms with Gasteiger partial charge in [-0.2, -0.15) is 0 Å². The fourth-order valence-electron chi connectivity index (χ4n) is 2.28. The maximum Gasteiger partial charge on any atom is 0.255 e. The van der Waals surface area contributed by atoms with Crippen LogP contribution < -0.4 is 10.6 Å². The maximum absolute atomic E-state index is 12.0. The molecule has 4 nitrogen and oxygen atoms in total. The summed E-state index contributed by atoms with van der Waals surface area (Å²) in [5, 5.41) is 16.2. The molecule has 0 spiro atoms. The van der Waals surface area contributed by atoms with E-state index in [0.717, 1.165) is 11.3 Å². The number of para-hydroxylation sites is 2. The molecule has 3 rings (SSSR count). The first-order valence-electron chi connectivity index (χ1n) is 6.12. The van der Waals surface area contributed by atoms with E-state index in [1.807, 2.05) is 37.3 Å². The molecule has 4 heteroatoms. The van der Waals surface area contributed by atoms with Gasteiger partial charge in [0.15, 0.2) is 0 Å². The highest BCUT2D eigenvalue weighted by atomic mass is 16.3. The molecule has 19 heavy (non-hydrogen) atoms. The van der Waals surface area contributed by atoms with Crippen molar-refractivity contribution in [3.63, 3.8) is 0 Å². The number of aromatic hydroxyl groups is 1. The summed E-state index contributed by atoms with van der Waals surface area (Å²) in [7, 11) is 0. The lowest BCUT2D eigenvalue weighted by Crippen LogP contribution is -2.38. The summed E-state index contributed by atoms with van der Waals surface area (Å²) in [5.41, 5.74) is 2.85. The largest absolute Gasteiger partial charge is 0.507 e. The highest BCUT2D eigenvalue weighted by molar-refractivity contribution is 6.01. The van der Waals surface area contributed by atoms with Crippen molar-refractivity contribution in [2.75, 3.05) is 5.32 Å². The third-order valence-corrected chi connectivity index (χ3v) is 3.33. The number of carbonyl (C=O) groups is 1. The Morgan fingerprint density at radius 3 is 2.68 bits per heavy atom. The number of benzene rings is 2. The number of hydrogen-bond donors (Lipinski definition) is 3. The monoisotopic (exact) mass is 254 g/mol. The fraction of sp³-hybridized carbons (Fsp3) is 0.133. The second-order valence-electron chi connectivity index (χ2n) is 4.61. The Bertz CT molecular complexity index is 652. The molecule has 0 aliphatic carbocycles. The van der Waals surface area contributed by atoms with Gasteiger partial charge in [-0.1, -0.05) is 30.3 Å². The van der Waals surface area contributed by atoms with E-state index in [4.69, 9.17) is 0 Å². The SMILES string of the molecule is Cc1cccc(C2NC(=O)c3ccccc3N2)c1O. The van der Waals surface area contributed by atoms with Gasteiger partial charge in [0.1, 0.15) is 11.9 Å². The quantitative estimate of drug-likeness (QED) is 0.733. The molecular weight excluding hydrogens is 240 g/mol. The molecule has 0 radical (unpaired) electrons. The number of aryl methyl sites for hydroxylation is 1. The summed E-state index contributed by atoms with van der Waals surface area (Å²) in [5.74, 6) is 0.0694. The number of phenols is 1. The molecule has 0 aromatic heterocycles. The third kappa shape index (κ3) is 1.91. The highest BCUT2D eigenvalue weighted by Crippen LogP contribution is 2.32. The van der Waals surface area contributed by atoms with Crippen LogP contribution in [0.25, 0.3) is 0 Å². The second kappa shape index (κ2) is 4.31. The summed E-state index contributed by atoms with van der Waals surface area (Å²) in [6.07, 6.45) is -0.415. The number of anilines is 1. The Morgan fingerprint density at radius 1 is 1.05 bits per heavy atom. The smallest absolute Gasteiger partial charge is 0.255 e. The van der Waals surface area contributed by atoms with E-state index in [9.17, 15) is 9.90 Å². The molecule has 0 fully saturated rings. The second-order valence-corrected chi connectivity index (χ2v) is 4.61. The van der Waals surface area contributed by atoms with E-state index in [-0.39, 0.29) is 11.7 Å². The van der Waals surface area contributed by atoms with Crippen molar-refractivity contribution in [2.24, 2.45) is 0 Å². The molecule has 0 bridgehead atoms. The van der Waals surface area contributed by atoms with Crippen LogP contribution in [0.5, 0.6) is 5.75 Å². The molecule has 2 aromatic rings. The van der Waals surface area contributed by atoms with Crippen molar-refractivity contribution in [1.29, 1.82) is 0 Å². The van der Waals surface area contributed by atoms with Crippen molar-refractivity contribution in [3.05, 3.63) is 59.2 Å². The summed E-state index contributed by atoms with van der Waals surface area (Å²) in [6.45, 7) is 1.83. The average molecular weight is 254 g/mol. The number of fused-ring (bicyclic) bond motifs is 1. The van der Waals surface area contributed by atoms with E-state index >= 15 is 0 Å². The fourth-order valence-corrected chi connectivity index (χ4v) is 2.28. The van der Waals surface area contributed by atoms with Crippen LogP contribution in [0.15, 0.2) is 42.5 Å². The summed E-state index contributed by atoms with van der Waals surface area (Å²) in [4.78, 5) is 12.0. The van der Waals surface area contributed by atoms with Crippen molar-refractivity contribution in [1.82, 2.24) is 5.32 Å². The van der Waals surface area contributed by atoms with Gasteiger partial charge >= 0.3 is 0 Å². The number of rotatable bonds is 1. The standard InChI is InChI=1S/C15H14N2O2/c1-9-5-4-7-11(13(9)18)14-16-12-8-3-2-6-10(12)15(19)17-14/h2-8,14,16,18H,1H3,(H,17,19). The van der Waals surface area contributed by atoms with Crippen molar-refractivity contribution >= 4 is 11.6 Å². The van der Waals surface area contributed by atoms with Gasteiger partial charge in [-0.05, 0) is 24.6 Å². The summed E-state index contributed by atoms with van der Waals surface area (Å²) in [6, 6.07) is 12.8. The molecule has 3 N–H and O–H groups in total. The molecule has 1 atom stereocenters. The first-order chi connectivity index (χ1) is 9.16. The Hall–Kier alpha value is -2.49. The number of carbonyl (C=O) groups excluding carboxylic acids is 1. The van der Waals surface area contributed by atoms with Gasteiger partial charge in [0.2, 0.25) is 0 Å². The van der Waals surface area contributed by atoms with E-state index in [0.29, 0.717) is 11.1 Å². The predicted molar refractivity (Wildman–Crippen MR) is 73.1 cm³/mol. The lowest BCUT2D eigenvalue weighted by atomic mass is 10.0. The number of amides is 1. The van der Waals surface area contributed by atoms with Crippen LogP contribution >= 0.6 is 0 Å². The molecule has 1 aliphatic heterocycles. The molecule has 1 amide bonds. The Labute approximate surface area is 111 Å². The Balaban J connectivity index is 2.02. The van der Waals surface area contributed by atoms with Crippen molar-refractivity contribution in [2.45, 2.75) is 13.1 Å². The lowest BCUT2D eigenvalue weighted by molar-refractivity contribution is 0.0935. The van der Waals surface area contributed by atoms with Crippen molar-refractivity contribution < 1.29 is 9.90 Å². The van der Waals surface area contributed by atoms with Gasteiger partial charge in [-0.15, -0.1) is 0 Å². The van der Waals surface area contributed by atoms with Crippen LogP contribution in [0, 0.1) is 6.92 Å². The summed E-state index contributed by atoms with van der Waals surface area (Å²) >= 11 is 0. The Morgan fingerprint density at radius 2 is 1.84 bits per heavy atom. The molecule has 1 unspecified atom stereocenters. The lowest BCUT2D eigenvalue weighted by Gasteiger charge is -2.28. The molecular formula is C15H14N2O2. The molecule has 1 aliphatic rings. The minimum Gasteiger partial charge on any atom is -0.507 e. The topological polar surface area (TPSA) is 61.4 Å². The first kappa shape index (κ1) is 11.6. The molecule has 96 valence electrons. The number of hydrogen-bond acceptors (Lipinski definition) is 3. The van der Waals surface area contributed by atoms with Crippen molar-refractivity contribution in [3.8, 4) is 5.75 Å². The summed E-state index contributed by atoms with van der Waals surface area (Å²) < 4.78 is 0. The van der Waals surface area contributed by atoms with E-state index < -0.39 is 6.17 Å². The van der Waals surface area contributed by atoms with E-state index in [1.54, 1.807) is 12.1 Å². The van der Waals surface area contributed by atoms with Gasteiger partial charge in [0.25, 0.3) is 5.91 Å². The minimum atomic E-state index is -0.415. The van der Waals surface area contributed by atoms with Crippen LogP contribution in [0.3, 0.4) is 0 Å². The predicted octanol–water partition coefficient (Wildman–Crippen LogP) is 2.55. The van der Waals surface area contributed by atoms with Gasteiger partial charge in [0.05, 0.1) is 5.56 Å². The average Bonchev–Trinajstić information content (AvgIpc) is 2.42. The first-order valence-corrected chi connectivity index (χ1v) is 6.12. The van der Waals surface area contributed by atoms with Crippen LogP contribution in [-0.2, 0) is 0 Å². The maximum atomic E-state index is 12.0. The van der Waals surface area contributed by atoms with Crippen LogP contribution in [0.4, 0.5) is 5.69 Å². The molecule has 2 aromatic carbocycles.